The zero-order valence-electron chi connectivity index (χ0n) is 39.3. The van der Waals surface area contributed by atoms with E-state index in [1.165, 1.54) is 5.69 Å². The summed E-state index contributed by atoms with van der Waals surface area (Å²) in [5.41, 5.74) is 10.4. The molecule has 0 bridgehead atoms. The van der Waals surface area contributed by atoms with Gasteiger partial charge in [-0.05, 0) is 123 Å². The Morgan fingerprint density at radius 1 is 0.627 bits per heavy atom. The van der Waals surface area contributed by atoms with E-state index in [4.69, 9.17) is 9.72 Å². The van der Waals surface area contributed by atoms with E-state index in [-0.39, 0.29) is 24.0 Å². The van der Waals surface area contributed by atoms with Gasteiger partial charge in [-0.25, -0.2) is 23.8 Å². The van der Waals surface area contributed by atoms with E-state index in [2.05, 4.69) is 129 Å². The second kappa shape index (κ2) is 18.6. The molecule has 2 fully saturated rings. The molecular formula is C53H57BrN10O3. The number of fused-ring (bicyclic) bond motifs is 3. The van der Waals surface area contributed by atoms with Gasteiger partial charge in [0.05, 0.1) is 16.9 Å². The second-order valence-corrected chi connectivity index (χ2v) is 19.7. The Morgan fingerprint density at radius 3 is 1.72 bits per heavy atom. The van der Waals surface area contributed by atoms with Crippen LogP contribution in [-0.2, 0) is 4.74 Å². The quantitative estimate of drug-likeness (QED) is 0.161. The lowest BCUT2D eigenvalue weighted by atomic mass is 9.95. The summed E-state index contributed by atoms with van der Waals surface area (Å²) in [5.74, 6) is 0.0623. The number of carbonyl (C=O) groups excluding carboxylic acids is 2. The average molecular weight is 962 g/mol. The van der Waals surface area contributed by atoms with E-state index in [1.807, 2.05) is 91.5 Å². The number of Topliss-reactive ketones (excluding diaryl/α,β-unsaturated/α-hetero) is 1. The van der Waals surface area contributed by atoms with E-state index in [0.29, 0.717) is 25.2 Å². The lowest BCUT2D eigenvalue weighted by molar-refractivity contribution is 0.0193. The molecular weight excluding hydrogens is 905 g/mol. The van der Waals surface area contributed by atoms with Crippen LogP contribution >= 0.6 is 15.9 Å². The molecule has 67 heavy (non-hydrogen) atoms. The number of amides is 1. The van der Waals surface area contributed by atoms with Crippen molar-refractivity contribution in [2.24, 2.45) is 0 Å². The molecule has 2 saturated heterocycles. The minimum Gasteiger partial charge on any atom is -0.444 e. The Balaban J connectivity index is 0.000000170. The number of ketones is 1. The highest BCUT2D eigenvalue weighted by Gasteiger charge is 2.34. The largest absolute Gasteiger partial charge is 0.444 e. The van der Waals surface area contributed by atoms with Crippen LogP contribution in [-0.4, -0.2) is 102 Å². The van der Waals surface area contributed by atoms with Crippen molar-refractivity contribution in [1.29, 1.82) is 0 Å². The number of rotatable bonds is 6. The summed E-state index contributed by atoms with van der Waals surface area (Å²) in [4.78, 5) is 40.6. The maximum atomic E-state index is 12.5. The summed E-state index contributed by atoms with van der Waals surface area (Å²) >= 11 is 3.46. The molecule has 0 radical (unpaired) electrons. The van der Waals surface area contributed by atoms with Gasteiger partial charge in [0.15, 0.2) is 17.1 Å². The number of hydrogen-bond acceptors (Lipinski definition) is 10. The van der Waals surface area contributed by atoms with Gasteiger partial charge < -0.3 is 24.8 Å². The highest BCUT2D eigenvalue weighted by atomic mass is 79.9. The lowest BCUT2D eigenvalue weighted by Gasteiger charge is -2.45. The van der Waals surface area contributed by atoms with Gasteiger partial charge in [0.25, 0.3) is 0 Å². The highest BCUT2D eigenvalue weighted by molar-refractivity contribution is 9.10. The predicted octanol–water partition coefficient (Wildman–Crippen LogP) is 10.6. The van der Waals surface area contributed by atoms with E-state index >= 15 is 0 Å². The van der Waals surface area contributed by atoms with Crippen molar-refractivity contribution in [3.63, 3.8) is 0 Å². The summed E-state index contributed by atoms with van der Waals surface area (Å²) in [5, 5.41) is 14.4. The van der Waals surface area contributed by atoms with Gasteiger partial charge in [-0.3, -0.25) is 4.79 Å². The predicted molar refractivity (Wildman–Crippen MR) is 271 cm³/mol. The fraction of sp³-hybridized carbons (Fsp3) is 0.321. The molecule has 4 aromatic carbocycles. The molecule has 4 aromatic heterocycles. The first kappa shape index (κ1) is 45.5. The van der Waals surface area contributed by atoms with Crippen LogP contribution in [0.25, 0.3) is 55.4 Å². The van der Waals surface area contributed by atoms with Gasteiger partial charge >= 0.3 is 6.09 Å². The van der Waals surface area contributed by atoms with Gasteiger partial charge in [0.1, 0.15) is 5.60 Å². The highest BCUT2D eigenvalue weighted by Crippen LogP contribution is 2.35. The second-order valence-electron chi connectivity index (χ2n) is 18.9. The Kier molecular flexibility index (Phi) is 12.6. The number of hydrogen-bond donors (Lipinski definition) is 1. The van der Waals surface area contributed by atoms with Crippen LogP contribution in [0, 0.1) is 0 Å². The maximum absolute atomic E-state index is 12.5. The van der Waals surface area contributed by atoms with Crippen molar-refractivity contribution < 1.29 is 14.3 Å². The summed E-state index contributed by atoms with van der Waals surface area (Å²) in [7, 11) is 0. The fourth-order valence-electron chi connectivity index (χ4n) is 9.65. The van der Waals surface area contributed by atoms with Crippen molar-refractivity contribution in [2.75, 3.05) is 36.0 Å². The maximum Gasteiger partial charge on any atom is 0.410 e. The van der Waals surface area contributed by atoms with Crippen molar-refractivity contribution in [2.45, 2.75) is 85.2 Å². The number of piperazine rings is 2. The minimum atomic E-state index is -0.485. The molecule has 2 aliphatic rings. The molecule has 10 rings (SSSR count). The van der Waals surface area contributed by atoms with Gasteiger partial charge in [-0.15, -0.1) is 0 Å². The molecule has 8 aromatic rings. The fourth-order valence-corrected chi connectivity index (χ4v) is 10.0. The van der Waals surface area contributed by atoms with Crippen LogP contribution < -0.4 is 15.1 Å². The molecule has 14 heteroatoms. The summed E-state index contributed by atoms with van der Waals surface area (Å²) in [6, 6.07) is 30.4. The standard InChI is InChI=1S/C30H29N5O.C23H28BrN5O2/c1-19-14-31-15-20(2)35(19)24-10-8-22(9-11-24)23-16-32-30-29(17-33-34(30)18-23)28-13-12-25(21(3)36)26-6-4-5-7-27(26)28;1-15-12-27(22(30)31-23(3,4)5)13-16(2)29(15)19-8-6-17(7-9-19)18-10-25-21-20(24)11-26-28(21)14-18/h4-13,16-20,31H,14-15H2,1-3H3;6-11,14-16H,12-13H2,1-5H3/t19-,20+;15-,16+. The van der Waals surface area contributed by atoms with Crippen LogP contribution in [0.3, 0.4) is 0 Å². The molecule has 0 saturated carbocycles. The number of nitrogens with one attached hydrogen (secondary N) is 1. The van der Waals surface area contributed by atoms with Crippen LogP contribution in [0.5, 0.6) is 0 Å². The van der Waals surface area contributed by atoms with E-state index < -0.39 is 5.60 Å². The van der Waals surface area contributed by atoms with Crippen molar-refractivity contribution in [3.05, 3.63) is 132 Å². The molecule has 2 aliphatic heterocycles. The van der Waals surface area contributed by atoms with Gasteiger partial charge in [-0.2, -0.15) is 10.2 Å². The molecule has 344 valence electrons. The first-order valence-corrected chi connectivity index (χ1v) is 23.7. The summed E-state index contributed by atoms with van der Waals surface area (Å²) < 4.78 is 10.1. The zero-order chi connectivity index (χ0) is 47.1. The SMILES string of the molecule is CC(=O)c1ccc(-c2cnn3cc(-c4ccc(N5[C@H](C)CNC[C@@H]5C)cc4)cnc23)c2ccccc12.C[C@@H]1CN(C(=O)OC(C)(C)C)C[C@H](C)N1c1ccc(-c2cnc3c(Br)cnn3c2)cc1. The number of carbonyl (C=O) groups is 2. The normalized spacial score (nSPS) is 18.9. The smallest absolute Gasteiger partial charge is 0.410 e. The van der Waals surface area contributed by atoms with Gasteiger partial charge in [0.2, 0.25) is 0 Å². The van der Waals surface area contributed by atoms with Crippen LogP contribution in [0.15, 0.2) is 127 Å². The summed E-state index contributed by atoms with van der Waals surface area (Å²) in [6.07, 6.45) is 11.1. The van der Waals surface area contributed by atoms with Crippen molar-refractivity contribution in [3.8, 4) is 33.4 Å². The molecule has 1 N–H and O–H groups in total. The Bertz CT molecular complexity index is 3060. The number of aromatic nitrogens is 6. The monoisotopic (exact) mass is 960 g/mol. The molecule has 13 nitrogen and oxygen atoms in total. The zero-order valence-corrected chi connectivity index (χ0v) is 40.9. The van der Waals surface area contributed by atoms with Crippen LogP contribution in [0.4, 0.5) is 16.2 Å². The third kappa shape index (κ3) is 9.37. The number of benzene rings is 4. The van der Waals surface area contributed by atoms with E-state index in [9.17, 15) is 9.59 Å². The Morgan fingerprint density at radius 2 is 1.15 bits per heavy atom. The molecule has 0 spiro atoms. The molecule has 0 aliphatic carbocycles. The Labute approximate surface area is 399 Å². The average Bonchev–Trinajstić information content (AvgIpc) is 3.90. The molecule has 4 atom stereocenters. The molecule has 1 amide bonds. The third-order valence-corrected chi connectivity index (χ3v) is 13.2. The number of halogens is 1. The lowest BCUT2D eigenvalue weighted by Crippen LogP contribution is -2.58. The van der Waals surface area contributed by atoms with Gasteiger partial charge in [0, 0.05) is 109 Å². The molecule has 0 unspecified atom stereocenters. The number of nitrogens with zero attached hydrogens (tertiary/aromatic N) is 9. The number of ether oxygens (including phenoxy) is 1. The van der Waals surface area contributed by atoms with Crippen LogP contribution in [0.1, 0.15) is 65.7 Å². The first-order valence-electron chi connectivity index (χ1n) is 22.9. The first-order chi connectivity index (χ1) is 32.1. The van der Waals surface area contributed by atoms with E-state index in [0.717, 1.165) is 84.3 Å². The van der Waals surface area contributed by atoms with Crippen molar-refractivity contribution in [1.82, 2.24) is 39.4 Å². The Hall–Kier alpha value is -6.64. The van der Waals surface area contributed by atoms with Gasteiger partial charge in [-0.1, -0.05) is 60.7 Å². The minimum absolute atomic E-state index is 0.0623. The summed E-state index contributed by atoms with van der Waals surface area (Å²) in [6.45, 7) is 19.4. The van der Waals surface area contributed by atoms with Crippen LogP contribution in [0.2, 0.25) is 0 Å². The topological polar surface area (TPSA) is 126 Å². The number of anilines is 2. The third-order valence-electron chi connectivity index (χ3n) is 12.7. The van der Waals surface area contributed by atoms with E-state index in [1.54, 1.807) is 17.6 Å². The molecule has 6 heterocycles. The van der Waals surface area contributed by atoms with Crippen molar-refractivity contribution >= 4 is 61.2 Å².